The SMILES string of the molecule is O=C(NCc1cc(=O)n2ccccc2n1)NCc1ccccc1-c1ccc(Cl)cc1. The highest BCUT2D eigenvalue weighted by atomic mass is 35.5. The van der Waals surface area contributed by atoms with Crippen molar-refractivity contribution >= 4 is 23.3 Å². The summed E-state index contributed by atoms with van der Waals surface area (Å²) < 4.78 is 1.46. The lowest BCUT2D eigenvalue weighted by Crippen LogP contribution is -2.35. The zero-order valence-corrected chi connectivity index (χ0v) is 16.8. The molecule has 2 heterocycles. The van der Waals surface area contributed by atoms with Crippen molar-refractivity contribution in [2.75, 3.05) is 0 Å². The maximum atomic E-state index is 12.3. The number of rotatable bonds is 5. The number of fused-ring (bicyclic) bond motifs is 1. The summed E-state index contributed by atoms with van der Waals surface area (Å²) in [5.74, 6) is 0. The van der Waals surface area contributed by atoms with Crippen LogP contribution in [0, 0.1) is 0 Å². The molecule has 0 radical (unpaired) electrons. The van der Waals surface area contributed by atoms with E-state index in [-0.39, 0.29) is 18.1 Å². The fraction of sp³-hybridized carbons (Fsp3) is 0.0870. The normalized spacial score (nSPS) is 10.7. The van der Waals surface area contributed by atoms with E-state index in [0.29, 0.717) is 22.9 Å². The maximum absolute atomic E-state index is 12.3. The molecule has 7 heteroatoms. The summed E-state index contributed by atoms with van der Waals surface area (Å²) in [6.07, 6.45) is 1.66. The number of urea groups is 1. The summed E-state index contributed by atoms with van der Waals surface area (Å²) in [4.78, 5) is 28.8. The molecule has 150 valence electrons. The van der Waals surface area contributed by atoms with Gasteiger partial charge in [-0.2, -0.15) is 0 Å². The van der Waals surface area contributed by atoms with Gasteiger partial charge in [0.25, 0.3) is 5.56 Å². The predicted molar refractivity (Wildman–Crippen MR) is 117 cm³/mol. The van der Waals surface area contributed by atoms with Gasteiger partial charge in [0.05, 0.1) is 12.2 Å². The first-order valence-corrected chi connectivity index (χ1v) is 9.81. The van der Waals surface area contributed by atoms with Gasteiger partial charge >= 0.3 is 6.03 Å². The van der Waals surface area contributed by atoms with Gasteiger partial charge in [0.1, 0.15) is 5.65 Å². The number of benzene rings is 2. The zero-order valence-electron chi connectivity index (χ0n) is 16.0. The second-order valence-corrected chi connectivity index (χ2v) is 7.15. The standard InChI is InChI=1S/C23H19ClN4O2/c24-18-10-8-16(9-11-18)20-6-2-1-5-17(20)14-25-23(30)26-15-19-13-22(29)28-12-4-3-7-21(28)27-19/h1-13H,14-15H2,(H2,25,26,30). The Morgan fingerprint density at radius 2 is 1.67 bits per heavy atom. The summed E-state index contributed by atoms with van der Waals surface area (Å²) in [5.41, 5.74) is 3.89. The highest BCUT2D eigenvalue weighted by Crippen LogP contribution is 2.25. The Morgan fingerprint density at radius 3 is 2.50 bits per heavy atom. The number of aromatic nitrogens is 2. The molecule has 0 aliphatic rings. The Labute approximate surface area is 178 Å². The molecule has 0 saturated carbocycles. The molecule has 30 heavy (non-hydrogen) atoms. The Hall–Kier alpha value is -3.64. The van der Waals surface area contributed by atoms with Gasteiger partial charge in [-0.15, -0.1) is 0 Å². The van der Waals surface area contributed by atoms with Gasteiger partial charge in [-0.05, 0) is 41.0 Å². The van der Waals surface area contributed by atoms with Gasteiger partial charge in [-0.3, -0.25) is 9.20 Å². The molecule has 2 N–H and O–H groups in total. The van der Waals surface area contributed by atoms with Crippen molar-refractivity contribution in [3.63, 3.8) is 0 Å². The molecular weight excluding hydrogens is 400 g/mol. The first-order chi connectivity index (χ1) is 14.6. The Kier molecular flexibility index (Phi) is 5.77. The molecule has 4 aromatic rings. The van der Waals surface area contributed by atoms with Crippen molar-refractivity contribution in [1.29, 1.82) is 0 Å². The Morgan fingerprint density at radius 1 is 0.933 bits per heavy atom. The van der Waals surface area contributed by atoms with Crippen LogP contribution in [-0.4, -0.2) is 15.4 Å². The van der Waals surface area contributed by atoms with E-state index < -0.39 is 0 Å². The van der Waals surface area contributed by atoms with E-state index in [9.17, 15) is 9.59 Å². The molecule has 2 aromatic heterocycles. The first kappa shape index (κ1) is 19.7. The maximum Gasteiger partial charge on any atom is 0.315 e. The topological polar surface area (TPSA) is 75.5 Å². The third-order valence-corrected chi connectivity index (χ3v) is 4.92. The van der Waals surface area contributed by atoms with Crippen molar-refractivity contribution in [3.8, 4) is 11.1 Å². The van der Waals surface area contributed by atoms with E-state index in [1.807, 2.05) is 54.6 Å². The van der Waals surface area contributed by atoms with Crippen LogP contribution in [0.15, 0.2) is 83.8 Å². The second-order valence-electron chi connectivity index (χ2n) is 6.71. The predicted octanol–water partition coefficient (Wildman–Crippen LogP) is 4.01. The molecule has 0 unspecified atom stereocenters. The molecule has 0 saturated heterocycles. The largest absolute Gasteiger partial charge is 0.334 e. The van der Waals surface area contributed by atoms with Gasteiger partial charge in [0.15, 0.2) is 0 Å². The molecule has 6 nitrogen and oxygen atoms in total. The lowest BCUT2D eigenvalue weighted by atomic mass is 10.00. The fourth-order valence-corrected chi connectivity index (χ4v) is 3.31. The molecule has 2 amide bonds. The minimum atomic E-state index is -0.337. The summed E-state index contributed by atoms with van der Waals surface area (Å²) >= 11 is 5.98. The van der Waals surface area contributed by atoms with Gasteiger partial charge < -0.3 is 10.6 Å². The summed E-state index contributed by atoms with van der Waals surface area (Å²) in [6.45, 7) is 0.518. The molecule has 0 fully saturated rings. The third kappa shape index (κ3) is 4.50. The lowest BCUT2D eigenvalue weighted by molar-refractivity contribution is 0.240. The summed E-state index contributed by atoms with van der Waals surface area (Å²) in [6, 6.07) is 21.8. The highest BCUT2D eigenvalue weighted by molar-refractivity contribution is 6.30. The van der Waals surface area contributed by atoms with Crippen LogP contribution in [0.25, 0.3) is 16.8 Å². The number of halogens is 1. The molecule has 0 spiro atoms. The van der Waals surface area contributed by atoms with E-state index in [1.165, 1.54) is 10.5 Å². The van der Waals surface area contributed by atoms with E-state index >= 15 is 0 Å². The second kappa shape index (κ2) is 8.80. The number of nitrogens with one attached hydrogen (secondary N) is 2. The van der Waals surface area contributed by atoms with Crippen LogP contribution in [0.5, 0.6) is 0 Å². The van der Waals surface area contributed by atoms with Crippen LogP contribution in [0.1, 0.15) is 11.3 Å². The van der Waals surface area contributed by atoms with Crippen LogP contribution in [0.4, 0.5) is 4.79 Å². The van der Waals surface area contributed by atoms with Crippen LogP contribution in [0.3, 0.4) is 0 Å². The van der Waals surface area contributed by atoms with Crippen molar-refractivity contribution in [2.45, 2.75) is 13.1 Å². The van der Waals surface area contributed by atoms with Crippen LogP contribution >= 0.6 is 11.6 Å². The average Bonchev–Trinajstić information content (AvgIpc) is 2.77. The molecule has 0 aliphatic carbocycles. The number of hydrogen-bond donors (Lipinski definition) is 2. The van der Waals surface area contributed by atoms with Crippen molar-refractivity contribution in [3.05, 3.63) is 106 Å². The number of hydrogen-bond acceptors (Lipinski definition) is 3. The Balaban J connectivity index is 1.40. The molecule has 0 atom stereocenters. The average molecular weight is 419 g/mol. The van der Waals surface area contributed by atoms with Crippen LogP contribution < -0.4 is 16.2 Å². The van der Waals surface area contributed by atoms with E-state index in [0.717, 1.165) is 16.7 Å². The van der Waals surface area contributed by atoms with E-state index in [1.54, 1.807) is 18.3 Å². The third-order valence-electron chi connectivity index (χ3n) is 4.67. The number of amides is 2. The number of carbonyl (C=O) groups excluding carboxylic acids is 1. The molecule has 2 aromatic carbocycles. The van der Waals surface area contributed by atoms with Crippen molar-refractivity contribution in [1.82, 2.24) is 20.0 Å². The summed E-state index contributed by atoms with van der Waals surface area (Å²) in [7, 11) is 0. The van der Waals surface area contributed by atoms with E-state index in [4.69, 9.17) is 11.6 Å². The molecular formula is C23H19ClN4O2. The quantitative estimate of drug-likeness (QED) is 0.514. The first-order valence-electron chi connectivity index (χ1n) is 9.43. The van der Waals surface area contributed by atoms with Crippen molar-refractivity contribution in [2.24, 2.45) is 0 Å². The van der Waals surface area contributed by atoms with Gasteiger partial charge in [0, 0.05) is 23.8 Å². The number of nitrogens with zero attached hydrogens (tertiary/aromatic N) is 2. The minimum Gasteiger partial charge on any atom is -0.334 e. The molecule has 0 bridgehead atoms. The van der Waals surface area contributed by atoms with Crippen LogP contribution in [-0.2, 0) is 13.1 Å². The summed E-state index contributed by atoms with van der Waals surface area (Å²) in [5, 5.41) is 6.28. The highest BCUT2D eigenvalue weighted by Gasteiger charge is 2.08. The number of carbonyl (C=O) groups is 1. The molecule has 0 aliphatic heterocycles. The molecule has 4 rings (SSSR count). The minimum absolute atomic E-state index is 0.158. The smallest absolute Gasteiger partial charge is 0.315 e. The van der Waals surface area contributed by atoms with Crippen LogP contribution in [0.2, 0.25) is 5.02 Å². The zero-order chi connectivity index (χ0) is 20.9. The monoisotopic (exact) mass is 418 g/mol. The van der Waals surface area contributed by atoms with Gasteiger partial charge in [-0.1, -0.05) is 54.1 Å². The van der Waals surface area contributed by atoms with Gasteiger partial charge in [-0.25, -0.2) is 9.78 Å². The Bertz CT molecular complexity index is 1250. The fourth-order valence-electron chi connectivity index (χ4n) is 3.19. The lowest BCUT2D eigenvalue weighted by Gasteiger charge is -2.12. The number of pyridine rings is 1. The van der Waals surface area contributed by atoms with E-state index in [2.05, 4.69) is 15.6 Å². The van der Waals surface area contributed by atoms with Crippen molar-refractivity contribution < 1.29 is 4.79 Å². The van der Waals surface area contributed by atoms with Gasteiger partial charge in [0.2, 0.25) is 0 Å².